The molecule has 0 bridgehead atoms. The van der Waals surface area contributed by atoms with Gasteiger partial charge in [-0.15, -0.1) is 11.8 Å². The summed E-state index contributed by atoms with van der Waals surface area (Å²) in [5.74, 6) is -1.78. The average molecular weight is 435 g/mol. The Kier molecular flexibility index (Phi) is 5.95. The molecule has 11 heteroatoms. The van der Waals surface area contributed by atoms with Crippen LogP contribution >= 0.6 is 23.1 Å². The van der Waals surface area contributed by atoms with Crippen LogP contribution in [-0.4, -0.2) is 50.4 Å². The maximum absolute atomic E-state index is 13.0. The third-order valence-corrected chi connectivity index (χ3v) is 6.62. The number of carboxylic acid groups (broad SMARTS) is 1. The number of carbonyl (C=O) groups is 1. The second kappa shape index (κ2) is 7.94. The van der Waals surface area contributed by atoms with Crippen LogP contribution in [0.3, 0.4) is 0 Å². The summed E-state index contributed by atoms with van der Waals surface area (Å²) in [6, 6.07) is 1.47. The molecule has 1 fully saturated rings. The van der Waals surface area contributed by atoms with Crippen molar-refractivity contribution in [3.63, 3.8) is 0 Å². The van der Waals surface area contributed by atoms with Crippen LogP contribution in [0.25, 0.3) is 5.13 Å². The van der Waals surface area contributed by atoms with E-state index in [2.05, 4.69) is 10.1 Å². The van der Waals surface area contributed by atoms with Gasteiger partial charge in [0.1, 0.15) is 4.21 Å². The van der Waals surface area contributed by atoms with E-state index in [-0.39, 0.29) is 36.9 Å². The van der Waals surface area contributed by atoms with E-state index in [0.29, 0.717) is 16.6 Å². The molecule has 3 rings (SSSR count). The van der Waals surface area contributed by atoms with Gasteiger partial charge < -0.3 is 10.0 Å². The summed E-state index contributed by atoms with van der Waals surface area (Å²) in [7, 11) is 0. The van der Waals surface area contributed by atoms with Crippen molar-refractivity contribution in [1.82, 2.24) is 14.8 Å². The summed E-state index contributed by atoms with van der Waals surface area (Å²) >= 11 is 2.88. The van der Waals surface area contributed by atoms with E-state index in [1.54, 1.807) is 18.7 Å². The van der Waals surface area contributed by atoms with Crippen molar-refractivity contribution >= 4 is 34.9 Å². The molecule has 0 atom stereocenters. The summed E-state index contributed by atoms with van der Waals surface area (Å²) in [6.45, 7) is 6.27. The van der Waals surface area contributed by atoms with Gasteiger partial charge in [0.15, 0.2) is 11.5 Å². The molecule has 154 valence electrons. The van der Waals surface area contributed by atoms with Crippen LogP contribution in [-0.2, 0) is 0 Å². The Balaban J connectivity index is 1.93. The van der Waals surface area contributed by atoms with Crippen LogP contribution in [0.15, 0.2) is 10.3 Å². The lowest BCUT2D eigenvalue weighted by atomic mass is 9.96. The highest BCUT2D eigenvalue weighted by atomic mass is 32.2. The Morgan fingerprint density at radius 2 is 2.00 bits per heavy atom. The van der Waals surface area contributed by atoms with E-state index in [4.69, 9.17) is 0 Å². The van der Waals surface area contributed by atoms with E-state index < -0.39 is 18.1 Å². The highest BCUT2D eigenvalue weighted by Gasteiger charge is 2.41. The number of anilines is 1. The highest BCUT2D eigenvalue weighted by molar-refractivity contribution is 8.01. The number of thiazole rings is 1. The summed E-state index contributed by atoms with van der Waals surface area (Å²) in [4.78, 5) is 17.9. The lowest BCUT2D eigenvalue weighted by molar-refractivity contribution is -0.179. The molecule has 3 heterocycles. The molecule has 1 aliphatic rings. The Morgan fingerprint density at radius 3 is 2.54 bits per heavy atom. The molecule has 0 aromatic carbocycles. The number of rotatable bonds is 5. The fourth-order valence-corrected chi connectivity index (χ4v) is 5.58. The van der Waals surface area contributed by atoms with Gasteiger partial charge in [-0.05, 0) is 25.8 Å². The summed E-state index contributed by atoms with van der Waals surface area (Å²) in [5, 5.41) is 14.3. The molecule has 6 nitrogen and oxygen atoms in total. The monoisotopic (exact) mass is 434 g/mol. The Hall–Kier alpha value is -1.75. The molecule has 1 N–H and O–H groups in total. The van der Waals surface area contributed by atoms with Gasteiger partial charge in [-0.3, -0.25) is 0 Å². The Bertz CT molecular complexity index is 855. The van der Waals surface area contributed by atoms with Crippen molar-refractivity contribution in [3.8, 4) is 5.13 Å². The third kappa shape index (κ3) is 4.45. The first-order valence-corrected chi connectivity index (χ1v) is 10.6. The lowest BCUT2D eigenvalue weighted by Crippen LogP contribution is -2.39. The van der Waals surface area contributed by atoms with Crippen LogP contribution in [0.4, 0.5) is 19.0 Å². The number of thioether (sulfide) groups is 1. The van der Waals surface area contributed by atoms with Gasteiger partial charge in [0.05, 0.1) is 11.6 Å². The quantitative estimate of drug-likeness (QED) is 0.693. The normalized spacial score (nSPS) is 16.2. The van der Waals surface area contributed by atoms with Crippen molar-refractivity contribution in [3.05, 3.63) is 17.5 Å². The molecule has 28 heavy (non-hydrogen) atoms. The summed E-state index contributed by atoms with van der Waals surface area (Å²) < 4.78 is 41.1. The lowest BCUT2D eigenvalue weighted by Gasteiger charge is -2.33. The van der Waals surface area contributed by atoms with Crippen LogP contribution in [0.1, 0.15) is 42.9 Å². The number of hydrogen-bond donors (Lipinski definition) is 1. The van der Waals surface area contributed by atoms with Gasteiger partial charge in [-0.2, -0.15) is 27.9 Å². The molecule has 0 unspecified atom stereocenters. The first kappa shape index (κ1) is 21.0. The molecule has 2 aromatic rings. The number of aromatic nitrogens is 3. The molecule has 0 aliphatic carbocycles. The largest absolute Gasteiger partial charge is 0.477 e. The van der Waals surface area contributed by atoms with E-state index >= 15 is 0 Å². The average Bonchev–Trinajstić information content (AvgIpc) is 3.17. The van der Waals surface area contributed by atoms with E-state index in [9.17, 15) is 23.1 Å². The first-order chi connectivity index (χ1) is 13.1. The number of nitrogens with zero attached hydrogens (tertiary/aromatic N) is 4. The molecular weight excluding hydrogens is 413 g/mol. The molecule has 0 spiro atoms. The maximum atomic E-state index is 13.0. The Labute approximate surface area is 168 Å². The van der Waals surface area contributed by atoms with Gasteiger partial charge >= 0.3 is 12.1 Å². The third-order valence-electron chi connectivity index (χ3n) is 4.40. The topological polar surface area (TPSA) is 71.2 Å². The SMILES string of the molecule is Cc1cc(C(=O)O)n(-c2nc(N3CCC(C(F)(F)F)CC3)c(SC(C)C)s2)n1. The number of aryl methyl sites for hydroxylation is 1. The smallest absolute Gasteiger partial charge is 0.391 e. The van der Waals surface area contributed by atoms with Crippen molar-refractivity contribution in [2.75, 3.05) is 18.0 Å². The standard InChI is InChI=1S/C17H21F3N4O2S2/c1-9(2)27-15-13(23-6-4-11(5-7-23)17(18,19)20)21-16(28-15)24-12(14(25)26)8-10(3)22-24/h8-9,11H,4-7H2,1-3H3,(H,25,26). The second-order valence-electron chi connectivity index (χ2n) is 6.96. The van der Waals surface area contributed by atoms with Gasteiger partial charge in [0, 0.05) is 18.3 Å². The number of piperidine rings is 1. The van der Waals surface area contributed by atoms with Gasteiger partial charge in [-0.25, -0.2) is 4.79 Å². The molecule has 2 aromatic heterocycles. The van der Waals surface area contributed by atoms with E-state index in [1.165, 1.54) is 22.1 Å². The fourth-order valence-electron chi connectivity index (χ4n) is 3.09. The Morgan fingerprint density at radius 1 is 1.36 bits per heavy atom. The molecular formula is C17H21F3N4O2S2. The minimum Gasteiger partial charge on any atom is -0.477 e. The molecule has 1 aliphatic heterocycles. The van der Waals surface area contributed by atoms with E-state index in [1.807, 2.05) is 18.7 Å². The van der Waals surface area contributed by atoms with Gasteiger partial charge in [-0.1, -0.05) is 25.2 Å². The van der Waals surface area contributed by atoms with Crippen molar-refractivity contribution < 1.29 is 23.1 Å². The molecule has 0 saturated carbocycles. The molecule has 1 saturated heterocycles. The predicted molar refractivity (Wildman–Crippen MR) is 103 cm³/mol. The zero-order valence-electron chi connectivity index (χ0n) is 15.7. The maximum Gasteiger partial charge on any atom is 0.391 e. The number of alkyl halides is 3. The first-order valence-electron chi connectivity index (χ1n) is 8.85. The summed E-state index contributed by atoms with van der Waals surface area (Å²) in [6.07, 6.45) is -4.11. The highest BCUT2D eigenvalue weighted by Crippen LogP contribution is 2.42. The van der Waals surface area contributed by atoms with Crippen LogP contribution in [0.5, 0.6) is 0 Å². The number of hydrogen-bond acceptors (Lipinski definition) is 6. The van der Waals surface area contributed by atoms with Crippen molar-refractivity contribution in [2.24, 2.45) is 5.92 Å². The zero-order valence-corrected chi connectivity index (χ0v) is 17.3. The number of aromatic carboxylic acids is 1. The van der Waals surface area contributed by atoms with Crippen molar-refractivity contribution in [1.29, 1.82) is 0 Å². The van der Waals surface area contributed by atoms with E-state index in [0.717, 1.165) is 4.21 Å². The second-order valence-corrected chi connectivity index (χ2v) is 9.79. The predicted octanol–water partition coefficient (Wildman–Crippen LogP) is 4.61. The van der Waals surface area contributed by atoms with Crippen LogP contribution in [0, 0.1) is 12.8 Å². The molecule has 0 radical (unpaired) electrons. The zero-order chi connectivity index (χ0) is 20.6. The summed E-state index contributed by atoms with van der Waals surface area (Å²) in [5.41, 5.74) is 0.563. The number of carboxylic acids is 1. The fraction of sp³-hybridized carbons (Fsp3) is 0.588. The minimum atomic E-state index is -4.17. The minimum absolute atomic E-state index is 0.00896. The molecule has 0 amide bonds. The van der Waals surface area contributed by atoms with Gasteiger partial charge in [0.2, 0.25) is 5.13 Å². The van der Waals surface area contributed by atoms with Crippen LogP contribution in [0.2, 0.25) is 0 Å². The van der Waals surface area contributed by atoms with Gasteiger partial charge in [0.25, 0.3) is 0 Å². The van der Waals surface area contributed by atoms with Crippen molar-refractivity contribution in [2.45, 2.75) is 49.2 Å². The number of halogens is 3. The van der Waals surface area contributed by atoms with Crippen LogP contribution < -0.4 is 4.90 Å².